The van der Waals surface area contributed by atoms with Crippen LogP contribution in [0.25, 0.3) is 0 Å². The average molecular weight is 832 g/mol. The van der Waals surface area contributed by atoms with Crippen LogP contribution in [0.4, 0.5) is 0 Å². The molecule has 248 valence electrons. The van der Waals surface area contributed by atoms with Gasteiger partial charge >= 0.3 is 302 Å². The SMILES string of the molecule is CC(=O)c1cc[c]([Pd]([Br])([PH](c2ccccc2)(c2ccccc2)c2ccccc2)[PH](c2ccccc2)(c2ccccc2)c2ccccc2)cc1. The van der Waals surface area contributed by atoms with Crippen LogP contribution < -0.4 is 35.9 Å². The van der Waals surface area contributed by atoms with Gasteiger partial charge in [0, 0.05) is 0 Å². The summed E-state index contributed by atoms with van der Waals surface area (Å²) in [7, 11) is 0. The van der Waals surface area contributed by atoms with E-state index in [2.05, 4.69) is 206 Å². The molecule has 0 aromatic heterocycles. The molecular formula is C44H39BrOP2Pd. The Hall–Kier alpha value is -3.79. The fourth-order valence-electron chi connectivity index (χ4n) is 6.97. The zero-order valence-corrected chi connectivity index (χ0v) is 32.4. The van der Waals surface area contributed by atoms with E-state index in [-0.39, 0.29) is 5.78 Å². The van der Waals surface area contributed by atoms with Crippen LogP contribution >= 0.6 is 24.3 Å². The van der Waals surface area contributed by atoms with Crippen molar-refractivity contribution in [2.75, 3.05) is 0 Å². The summed E-state index contributed by atoms with van der Waals surface area (Å²) in [5.74, 6) is 0.0742. The van der Waals surface area contributed by atoms with Crippen LogP contribution in [0.5, 0.6) is 0 Å². The Labute approximate surface area is 300 Å². The quantitative estimate of drug-likeness (QED) is 0.0772. The third-order valence-electron chi connectivity index (χ3n) is 9.06. The summed E-state index contributed by atoms with van der Waals surface area (Å²) in [6.07, 6.45) is 0. The van der Waals surface area contributed by atoms with Gasteiger partial charge in [0.2, 0.25) is 0 Å². The van der Waals surface area contributed by atoms with Gasteiger partial charge in [-0.05, 0) is 0 Å². The molecule has 0 heterocycles. The van der Waals surface area contributed by atoms with Crippen molar-refractivity contribution in [3.05, 3.63) is 212 Å². The van der Waals surface area contributed by atoms with Crippen LogP contribution in [0.3, 0.4) is 0 Å². The minimum absolute atomic E-state index is 0.0742. The van der Waals surface area contributed by atoms with Gasteiger partial charge < -0.3 is 0 Å². The van der Waals surface area contributed by atoms with Gasteiger partial charge in [0.25, 0.3) is 0 Å². The van der Waals surface area contributed by atoms with Crippen molar-refractivity contribution in [3.8, 4) is 0 Å². The standard InChI is InChI=1S/2C18H15P.C8H7O.BrH.Pd/c2*1-4-10-16(11-5-1)19(17-12-6-2-7-13-17)18-14-8-3-9-15-18;1-7(9)8-5-3-2-4-6-8;;/h2*1-15H;3-6H,1H3;1H;/q;;;;-1/p+1. The van der Waals surface area contributed by atoms with Gasteiger partial charge in [0.1, 0.15) is 0 Å². The van der Waals surface area contributed by atoms with E-state index in [1.165, 1.54) is 35.9 Å². The fraction of sp³-hybridized carbons (Fsp3) is 0.0227. The first-order chi connectivity index (χ1) is 24.0. The second-order valence-electron chi connectivity index (χ2n) is 11.9. The number of hydrogen-bond donors (Lipinski definition) is 0. The first-order valence-electron chi connectivity index (χ1n) is 16.3. The van der Waals surface area contributed by atoms with Gasteiger partial charge in [-0.3, -0.25) is 0 Å². The van der Waals surface area contributed by atoms with Crippen LogP contribution in [0.15, 0.2) is 206 Å². The summed E-state index contributed by atoms with van der Waals surface area (Å²) in [5.41, 5.74) is -5.48. The maximum absolute atomic E-state index is 12.7. The molecule has 0 saturated carbocycles. The zero-order valence-electron chi connectivity index (χ0n) is 27.2. The molecule has 5 heteroatoms. The molecule has 0 aliphatic rings. The van der Waals surface area contributed by atoms with Crippen molar-refractivity contribution < 1.29 is 17.3 Å². The van der Waals surface area contributed by atoms with E-state index in [0.717, 1.165) is 5.56 Å². The molecule has 0 saturated heterocycles. The van der Waals surface area contributed by atoms with Crippen molar-refractivity contribution in [1.82, 2.24) is 0 Å². The van der Waals surface area contributed by atoms with E-state index in [4.69, 9.17) is 13.4 Å². The first-order valence-corrected chi connectivity index (χ1v) is 29.0. The summed E-state index contributed by atoms with van der Waals surface area (Å²) in [6.45, 7) is 1.66. The van der Waals surface area contributed by atoms with Crippen molar-refractivity contribution in [2.24, 2.45) is 0 Å². The molecular weight excluding hydrogens is 793 g/mol. The second-order valence-corrected chi connectivity index (χ2v) is 45.1. The molecule has 0 atom stereocenters. The zero-order chi connectivity index (χ0) is 33.7. The monoisotopic (exact) mass is 830 g/mol. The topological polar surface area (TPSA) is 17.1 Å². The predicted octanol–water partition coefficient (Wildman–Crippen LogP) is 8.26. The molecule has 49 heavy (non-hydrogen) atoms. The van der Waals surface area contributed by atoms with Gasteiger partial charge in [-0.25, -0.2) is 0 Å². The maximum atomic E-state index is 12.7. The van der Waals surface area contributed by atoms with E-state index in [9.17, 15) is 4.79 Å². The molecule has 7 rings (SSSR count). The Morgan fingerprint density at radius 2 is 0.612 bits per heavy atom. The molecule has 0 bridgehead atoms. The number of rotatable bonds is 10. The summed E-state index contributed by atoms with van der Waals surface area (Å²) in [5, 5.41) is 8.23. The van der Waals surface area contributed by atoms with E-state index >= 15 is 0 Å². The Morgan fingerprint density at radius 1 is 0.388 bits per heavy atom. The molecule has 7 aromatic carbocycles. The number of carbonyl (C=O) groups excluding carboxylic acids is 1. The van der Waals surface area contributed by atoms with Gasteiger partial charge in [-0.15, -0.1) is 0 Å². The normalized spacial score (nSPS) is 14.2. The van der Waals surface area contributed by atoms with Crippen molar-refractivity contribution in [3.63, 3.8) is 0 Å². The predicted molar refractivity (Wildman–Crippen MR) is 218 cm³/mol. The summed E-state index contributed by atoms with van der Waals surface area (Å²) in [4.78, 5) is 12.7. The van der Waals surface area contributed by atoms with Crippen LogP contribution in [0, 0.1) is 0 Å². The molecule has 0 unspecified atom stereocenters. The number of ketones is 1. The molecule has 0 spiro atoms. The third-order valence-corrected chi connectivity index (χ3v) is 62.0. The van der Waals surface area contributed by atoms with Crippen LogP contribution in [-0.4, -0.2) is 5.78 Å². The molecule has 0 amide bonds. The van der Waals surface area contributed by atoms with E-state index in [1.807, 2.05) is 0 Å². The van der Waals surface area contributed by atoms with Gasteiger partial charge in [0.15, 0.2) is 0 Å². The van der Waals surface area contributed by atoms with E-state index < -0.39 is 23.4 Å². The Kier molecular flexibility index (Phi) is 10.0. The van der Waals surface area contributed by atoms with Crippen molar-refractivity contribution >= 4 is 66.0 Å². The number of benzene rings is 7. The van der Waals surface area contributed by atoms with Crippen LogP contribution in [0.1, 0.15) is 17.3 Å². The summed E-state index contributed by atoms with van der Waals surface area (Å²) in [6, 6.07) is 76.6. The number of halogens is 1. The van der Waals surface area contributed by atoms with Crippen LogP contribution in [-0.2, 0) is 12.5 Å². The second kappa shape index (κ2) is 14.6. The molecule has 0 aliphatic heterocycles. The average Bonchev–Trinajstić information content (AvgIpc) is 3.18. The summed E-state index contributed by atoms with van der Waals surface area (Å²) >= 11 is 1.70. The molecule has 0 radical (unpaired) electrons. The Morgan fingerprint density at radius 3 is 0.816 bits per heavy atom. The summed E-state index contributed by atoms with van der Waals surface area (Å²) < 4.78 is 1.31. The van der Waals surface area contributed by atoms with Gasteiger partial charge in [0.05, 0.1) is 0 Å². The van der Waals surface area contributed by atoms with E-state index in [1.54, 1.807) is 6.92 Å². The Bertz CT molecular complexity index is 1810. The molecule has 0 fully saturated rings. The van der Waals surface area contributed by atoms with Crippen molar-refractivity contribution in [2.45, 2.75) is 6.92 Å². The van der Waals surface area contributed by atoms with Gasteiger partial charge in [-0.1, -0.05) is 0 Å². The first kappa shape index (κ1) is 33.7. The molecule has 0 aliphatic carbocycles. The van der Waals surface area contributed by atoms with E-state index in [0.29, 0.717) is 0 Å². The fourth-order valence-corrected chi connectivity index (χ4v) is 72.3. The number of Topliss-reactive ketones (excluding diaryl/α,β-unsaturated/α-hetero) is 1. The van der Waals surface area contributed by atoms with Gasteiger partial charge in [-0.2, -0.15) is 0 Å². The Balaban J connectivity index is 1.81. The molecule has 0 N–H and O–H groups in total. The number of carbonyl (C=O) groups is 1. The molecule has 1 nitrogen and oxygen atoms in total. The third kappa shape index (κ3) is 5.64. The molecule has 7 aromatic rings. The van der Waals surface area contributed by atoms with Crippen LogP contribution in [0.2, 0.25) is 0 Å². The minimum atomic E-state index is -3.41. The van der Waals surface area contributed by atoms with Crippen molar-refractivity contribution in [1.29, 1.82) is 0 Å². The number of hydrogen-bond acceptors (Lipinski definition) is 1.